The molecule has 1 N–H and O–H groups in total. The second-order valence-corrected chi connectivity index (χ2v) is 4.46. The summed E-state index contributed by atoms with van der Waals surface area (Å²) in [7, 11) is 3.95. The zero-order valence-electron chi connectivity index (χ0n) is 10.9. The maximum atomic E-state index is 4.32. The third-order valence-electron chi connectivity index (χ3n) is 3.16. The number of nitrogens with one attached hydrogen (secondary N) is 1. The van der Waals surface area contributed by atoms with E-state index in [2.05, 4.69) is 42.5 Å². The largest absolute Gasteiger partial charge is 0.316 e. The van der Waals surface area contributed by atoms with E-state index in [0.717, 1.165) is 6.54 Å². The van der Waals surface area contributed by atoms with Gasteiger partial charge in [0.15, 0.2) is 0 Å². The summed E-state index contributed by atoms with van der Waals surface area (Å²) in [6, 6.07) is 6.58. The van der Waals surface area contributed by atoms with Crippen LogP contribution in [-0.2, 0) is 13.6 Å². The lowest BCUT2D eigenvalue weighted by Crippen LogP contribution is -2.06. The number of benzene rings is 1. The summed E-state index contributed by atoms with van der Waals surface area (Å²) in [5, 5.41) is 7.53. The molecule has 1 aromatic carbocycles. The van der Waals surface area contributed by atoms with Gasteiger partial charge in [0.2, 0.25) is 0 Å². The molecular weight excluding hydrogens is 210 g/mol. The first-order valence-corrected chi connectivity index (χ1v) is 5.86. The highest BCUT2D eigenvalue weighted by molar-refractivity contribution is 5.69. The molecule has 2 rings (SSSR count). The molecule has 1 heterocycles. The Bertz CT molecular complexity index is 526. The summed E-state index contributed by atoms with van der Waals surface area (Å²) < 4.78 is 1.92. The van der Waals surface area contributed by atoms with Crippen LogP contribution in [0, 0.1) is 13.8 Å². The Labute approximate surface area is 102 Å². The molecule has 0 saturated heterocycles. The molecule has 0 saturated carbocycles. The van der Waals surface area contributed by atoms with Gasteiger partial charge in [0.05, 0.1) is 6.20 Å². The first-order chi connectivity index (χ1) is 8.13. The highest BCUT2D eigenvalue weighted by Gasteiger charge is 2.10. The van der Waals surface area contributed by atoms with Gasteiger partial charge >= 0.3 is 0 Å². The van der Waals surface area contributed by atoms with E-state index in [1.165, 1.54) is 27.9 Å². The topological polar surface area (TPSA) is 29.9 Å². The first-order valence-electron chi connectivity index (χ1n) is 5.86. The Morgan fingerprint density at radius 3 is 2.59 bits per heavy atom. The van der Waals surface area contributed by atoms with Gasteiger partial charge in [-0.3, -0.25) is 4.68 Å². The average molecular weight is 229 g/mol. The van der Waals surface area contributed by atoms with Gasteiger partial charge in [-0.1, -0.05) is 23.8 Å². The third-order valence-corrected chi connectivity index (χ3v) is 3.16. The van der Waals surface area contributed by atoms with Crippen LogP contribution in [0.4, 0.5) is 0 Å². The van der Waals surface area contributed by atoms with E-state index in [1.54, 1.807) is 0 Å². The average Bonchev–Trinajstić information content (AvgIpc) is 2.63. The number of aromatic nitrogens is 2. The van der Waals surface area contributed by atoms with Crippen LogP contribution in [-0.4, -0.2) is 16.8 Å². The minimum atomic E-state index is 0.879. The van der Waals surface area contributed by atoms with Crippen molar-refractivity contribution in [1.29, 1.82) is 0 Å². The zero-order valence-corrected chi connectivity index (χ0v) is 10.9. The lowest BCUT2D eigenvalue weighted by molar-refractivity contribution is 0.740. The van der Waals surface area contributed by atoms with Crippen molar-refractivity contribution < 1.29 is 0 Å². The Morgan fingerprint density at radius 2 is 2.00 bits per heavy atom. The van der Waals surface area contributed by atoms with Gasteiger partial charge in [0, 0.05) is 24.8 Å². The molecular formula is C14H19N3. The van der Waals surface area contributed by atoms with Crippen LogP contribution in [0.15, 0.2) is 24.4 Å². The van der Waals surface area contributed by atoms with Crippen LogP contribution in [0.1, 0.15) is 16.8 Å². The molecule has 0 amide bonds. The van der Waals surface area contributed by atoms with Crippen LogP contribution in [0.2, 0.25) is 0 Å². The second-order valence-electron chi connectivity index (χ2n) is 4.46. The Balaban J connectivity index is 2.56. The first kappa shape index (κ1) is 11.9. The normalized spacial score (nSPS) is 10.8. The lowest BCUT2D eigenvalue weighted by atomic mass is 9.98. The summed E-state index contributed by atoms with van der Waals surface area (Å²) in [5.41, 5.74) is 6.30. The van der Waals surface area contributed by atoms with Crippen molar-refractivity contribution in [3.63, 3.8) is 0 Å². The summed E-state index contributed by atoms with van der Waals surface area (Å²) >= 11 is 0. The number of hydrogen-bond acceptors (Lipinski definition) is 2. The molecule has 0 aliphatic rings. The zero-order chi connectivity index (χ0) is 12.4. The van der Waals surface area contributed by atoms with Gasteiger partial charge in [-0.15, -0.1) is 0 Å². The molecule has 0 aliphatic heterocycles. The summed E-state index contributed by atoms with van der Waals surface area (Å²) in [4.78, 5) is 0. The molecule has 0 aliphatic carbocycles. The van der Waals surface area contributed by atoms with Crippen molar-refractivity contribution in [2.45, 2.75) is 20.4 Å². The molecule has 0 spiro atoms. The monoisotopic (exact) mass is 229 g/mol. The number of rotatable bonds is 3. The standard InChI is InChI=1S/C14H19N3/c1-10-5-6-12(8-15-3)13(7-10)14-9-16-17(4)11(14)2/h5-7,9,15H,8H2,1-4H3. The fraction of sp³-hybridized carbons (Fsp3) is 0.357. The van der Waals surface area contributed by atoms with Crippen molar-refractivity contribution in [2.24, 2.45) is 7.05 Å². The fourth-order valence-corrected chi connectivity index (χ4v) is 2.05. The molecule has 17 heavy (non-hydrogen) atoms. The van der Waals surface area contributed by atoms with E-state index in [4.69, 9.17) is 0 Å². The molecule has 0 atom stereocenters. The minimum absolute atomic E-state index is 0.879. The van der Waals surface area contributed by atoms with Crippen LogP contribution in [0.5, 0.6) is 0 Å². The lowest BCUT2D eigenvalue weighted by Gasteiger charge is -2.10. The molecule has 3 nitrogen and oxygen atoms in total. The van der Waals surface area contributed by atoms with E-state index in [9.17, 15) is 0 Å². The molecule has 0 radical (unpaired) electrons. The Morgan fingerprint density at radius 1 is 1.24 bits per heavy atom. The van der Waals surface area contributed by atoms with E-state index < -0.39 is 0 Å². The van der Waals surface area contributed by atoms with Crippen LogP contribution >= 0.6 is 0 Å². The predicted molar refractivity (Wildman–Crippen MR) is 70.9 cm³/mol. The minimum Gasteiger partial charge on any atom is -0.316 e. The van der Waals surface area contributed by atoms with Gasteiger partial charge in [-0.2, -0.15) is 5.10 Å². The van der Waals surface area contributed by atoms with E-state index in [-0.39, 0.29) is 0 Å². The third kappa shape index (κ3) is 2.24. The van der Waals surface area contributed by atoms with E-state index in [0.29, 0.717) is 0 Å². The summed E-state index contributed by atoms with van der Waals surface area (Å²) in [5.74, 6) is 0. The SMILES string of the molecule is CNCc1ccc(C)cc1-c1cnn(C)c1C. The van der Waals surface area contributed by atoms with Crippen LogP contribution in [0.3, 0.4) is 0 Å². The number of aryl methyl sites for hydroxylation is 2. The molecule has 0 bridgehead atoms. The predicted octanol–water partition coefficient (Wildman–Crippen LogP) is 2.42. The van der Waals surface area contributed by atoms with Crippen molar-refractivity contribution >= 4 is 0 Å². The van der Waals surface area contributed by atoms with Crippen molar-refractivity contribution in [2.75, 3.05) is 7.05 Å². The van der Waals surface area contributed by atoms with Gasteiger partial charge < -0.3 is 5.32 Å². The fourth-order valence-electron chi connectivity index (χ4n) is 2.05. The van der Waals surface area contributed by atoms with Crippen molar-refractivity contribution in [3.8, 4) is 11.1 Å². The van der Waals surface area contributed by atoms with Crippen LogP contribution < -0.4 is 5.32 Å². The van der Waals surface area contributed by atoms with Gasteiger partial charge in [0.1, 0.15) is 0 Å². The van der Waals surface area contributed by atoms with E-state index >= 15 is 0 Å². The van der Waals surface area contributed by atoms with Gasteiger partial charge in [-0.25, -0.2) is 0 Å². The Kier molecular flexibility index (Phi) is 3.29. The molecule has 0 unspecified atom stereocenters. The maximum Gasteiger partial charge on any atom is 0.0571 e. The molecule has 0 fully saturated rings. The number of nitrogens with zero attached hydrogens (tertiary/aromatic N) is 2. The Hall–Kier alpha value is -1.61. The highest BCUT2D eigenvalue weighted by atomic mass is 15.3. The van der Waals surface area contributed by atoms with Gasteiger partial charge in [0.25, 0.3) is 0 Å². The van der Waals surface area contributed by atoms with Gasteiger partial charge in [-0.05, 0) is 32.0 Å². The maximum absolute atomic E-state index is 4.32. The molecule has 90 valence electrons. The smallest absolute Gasteiger partial charge is 0.0571 e. The summed E-state index contributed by atoms with van der Waals surface area (Å²) in [6.07, 6.45) is 1.95. The number of hydrogen-bond donors (Lipinski definition) is 1. The van der Waals surface area contributed by atoms with Crippen molar-refractivity contribution in [3.05, 3.63) is 41.2 Å². The molecule has 2 aromatic rings. The quantitative estimate of drug-likeness (QED) is 0.876. The molecule has 3 heteroatoms. The second kappa shape index (κ2) is 4.72. The summed E-state index contributed by atoms with van der Waals surface area (Å²) in [6.45, 7) is 5.11. The van der Waals surface area contributed by atoms with E-state index in [1.807, 2.05) is 25.0 Å². The molecule has 1 aromatic heterocycles. The van der Waals surface area contributed by atoms with Crippen LogP contribution in [0.25, 0.3) is 11.1 Å². The van der Waals surface area contributed by atoms with Crippen molar-refractivity contribution in [1.82, 2.24) is 15.1 Å². The highest BCUT2D eigenvalue weighted by Crippen LogP contribution is 2.27.